The largest absolute Gasteiger partial charge is 0.524 e. The second kappa shape index (κ2) is 9.27. The van der Waals surface area contributed by atoms with Gasteiger partial charge in [0.1, 0.15) is 12.1 Å². The lowest BCUT2D eigenvalue weighted by atomic mass is 9.88. The highest BCUT2D eigenvalue weighted by Crippen LogP contribution is 2.42. The van der Waals surface area contributed by atoms with E-state index >= 15 is 0 Å². The molecule has 1 atom stereocenters. The fourth-order valence-corrected chi connectivity index (χ4v) is 3.06. The van der Waals surface area contributed by atoms with Gasteiger partial charge in [-0.3, -0.25) is 14.6 Å². The van der Waals surface area contributed by atoms with E-state index in [1.807, 2.05) is 6.07 Å². The van der Waals surface area contributed by atoms with E-state index in [4.69, 9.17) is 20.4 Å². The standard InChI is InChI=1S/C19H23N2O8P/c1-13(22)19(2,21(20)18(24)28-12-14-6-4-3-5-7-14)11-15-8-9-17(16(23)10-15)29-30(25,26)27/h3-10,23H,11-12,20H2,1-2H3,(H2,25,26,27)/t19-/m0/s1. The summed E-state index contributed by atoms with van der Waals surface area (Å²) in [7, 11) is -4.85. The normalized spacial score (nSPS) is 13.2. The Morgan fingerprint density at radius 1 is 1.13 bits per heavy atom. The van der Waals surface area contributed by atoms with Crippen LogP contribution in [0.5, 0.6) is 11.5 Å². The molecule has 2 rings (SSSR count). The van der Waals surface area contributed by atoms with E-state index in [0.717, 1.165) is 17.7 Å². The van der Waals surface area contributed by atoms with Gasteiger partial charge >= 0.3 is 13.9 Å². The van der Waals surface area contributed by atoms with Crippen molar-refractivity contribution in [3.63, 3.8) is 0 Å². The molecule has 0 aliphatic carbocycles. The highest BCUT2D eigenvalue weighted by molar-refractivity contribution is 7.46. The predicted octanol–water partition coefficient (Wildman–Crippen LogP) is 2.27. The molecule has 0 aliphatic heterocycles. The number of amides is 1. The molecule has 0 saturated carbocycles. The van der Waals surface area contributed by atoms with E-state index in [1.54, 1.807) is 24.3 Å². The third kappa shape index (κ3) is 6.04. The molecule has 30 heavy (non-hydrogen) atoms. The number of hydrazine groups is 1. The Bertz CT molecular complexity index is 962. The van der Waals surface area contributed by atoms with Crippen LogP contribution < -0.4 is 10.4 Å². The molecule has 0 radical (unpaired) electrons. The van der Waals surface area contributed by atoms with Crippen molar-refractivity contribution in [2.45, 2.75) is 32.4 Å². The van der Waals surface area contributed by atoms with E-state index in [2.05, 4.69) is 4.52 Å². The minimum Gasteiger partial charge on any atom is -0.504 e. The maximum absolute atomic E-state index is 12.4. The Balaban J connectivity index is 2.16. The van der Waals surface area contributed by atoms with Gasteiger partial charge in [0, 0.05) is 6.42 Å². The van der Waals surface area contributed by atoms with Crippen molar-refractivity contribution >= 4 is 19.7 Å². The second-order valence-corrected chi connectivity index (χ2v) is 7.96. The molecule has 5 N–H and O–H groups in total. The summed E-state index contributed by atoms with van der Waals surface area (Å²) in [6.45, 7) is 2.67. The lowest BCUT2D eigenvalue weighted by molar-refractivity contribution is -0.127. The number of carbonyl (C=O) groups excluding carboxylic acids is 2. The molecule has 0 heterocycles. The predicted molar refractivity (Wildman–Crippen MR) is 106 cm³/mol. The van der Waals surface area contributed by atoms with Crippen LogP contribution in [-0.2, 0) is 27.1 Å². The van der Waals surface area contributed by atoms with E-state index in [1.165, 1.54) is 19.9 Å². The van der Waals surface area contributed by atoms with Gasteiger partial charge in [-0.1, -0.05) is 36.4 Å². The number of hydrogen-bond donors (Lipinski definition) is 4. The third-order valence-corrected chi connectivity index (χ3v) is 4.92. The highest BCUT2D eigenvalue weighted by atomic mass is 31.2. The first-order valence-electron chi connectivity index (χ1n) is 8.76. The number of nitrogens with zero attached hydrogens (tertiary/aromatic N) is 1. The fourth-order valence-electron chi connectivity index (χ4n) is 2.65. The number of benzene rings is 2. The van der Waals surface area contributed by atoms with Crippen molar-refractivity contribution in [2.75, 3.05) is 0 Å². The van der Waals surface area contributed by atoms with Crippen molar-refractivity contribution in [3.05, 3.63) is 59.7 Å². The van der Waals surface area contributed by atoms with Crippen molar-refractivity contribution in [1.82, 2.24) is 5.01 Å². The van der Waals surface area contributed by atoms with Gasteiger partial charge in [-0.2, -0.15) is 0 Å². The smallest absolute Gasteiger partial charge is 0.504 e. The summed E-state index contributed by atoms with van der Waals surface area (Å²) in [5.74, 6) is 4.50. The summed E-state index contributed by atoms with van der Waals surface area (Å²) in [4.78, 5) is 42.4. The van der Waals surface area contributed by atoms with Crippen molar-refractivity contribution < 1.29 is 38.3 Å². The maximum Gasteiger partial charge on any atom is 0.524 e. The number of aromatic hydroxyl groups is 1. The Morgan fingerprint density at radius 2 is 1.77 bits per heavy atom. The summed E-state index contributed by atoms with van der Waals surface area (Å²) in [6, 6.07) is 12.6. The second-order valence-electron chi connectivity index (χ2n) is 6.80. The monoisotopic (exact) mass is 438 g/mol. The molecule has 162 valence electrons. The molecule has 0 unspecified atom stereocenters. The van der Waals surface area contributed by atoms with Crippen LogP contribution in [0.2, 0.25) is 0 Å². The number of phenols is 1. The molecular weight excluding hydrogens is 415 g/mol. The molecule has 0 saturated heterocycles. The summed E-state index contributed by atoms with van der Waals surface area (Å²) < 4.78 is 20.5. The average molecular weight is 438 g/mol. The SMILES string of the molecule is CC(=O)[C@](C)(Cc1ccc(OP(=O)(O)O)c(O)c1)N(N)C(=O)OCc1ccccc1. The average Bonchev–Trinajstić information content (AvgIpc) is 2.67. The number of phenolic OH excluding ortho intramolecular Hbond substituents is 1. The zero-order valence-electron chi connectivity index (χ0n) is 16.4. The molecule has 2 aromatic carbocycles. The first-order valence-corrected chi connectivity index (χ1v) is 10.3. The minimum atomic E-state index is -4.85. The lowest BCUT2D eigenvalue weighted by Gasteiger charge is -2.35. The number of rotatable bonds is 8. The molecule has 0 bridgehead atoms. The molecule has 11 heteroatoms. The van der Waals surface area contributed by atoms with E-state index in [-0.39, 0.29) is 13.0 Å². The Hall–Kier alpha value is -2.91. The topological polar surface area (TPSA) is 160 Å². The van der Waals surface area contributed by atoms with E-state index < -0.39 is 36.7 Å². The number of ketones is 1. The van der Waals surface area contributed by atoms with E-state index in [9.17, 15) is 19.3 Å². The number of phosphoric acid groups is 1. The zero-order valence-corrected chi connectivity index (χ0v) is 17.3. The zero-order chi connectivity index (χ0) is 22.5. The van der Waals surface area contributed by atoms with Crippen molar-refractivity contribution in [3.8, 4) is 11.5 Å². The molecule has 2 aromatic rings. The maximum atomic E-state index is 12.4. The molecule has 0 fully saturated rings. The molecule has 0 aromatic heterocycles. The number of Topliss-reactive ketones (excluding diaryl/α,β-unsaturated/α-hetero) is 1. The number of ether oxygens (including phenoxy) is 1. The quantitative estimate of drug-likeness (QED) is 0.210. The summed E-state index contributed by atoms with van der Waals surface area (Å²) >= 11 is 0. The molecule has 0 aliphatic rings. The number of nitrogens with two attached hydrogens (primary N) is 1. The van der Waals surface area contributed by atoms with Crippen LogP contribution in [0.1, 0.15) is 25.0 Å². The molecule has 0 spiro atoms. The van der Waals surface area contributed by atoms with Crippen LogP contribution in [0.3, 0.4) is 0 Å². The van der Waals surface area contributed by atoms with Crippen molar-refractivity contribution in [1.29, 1.82) is 0 Å². The number of phosphoric ester groups is 1. The summed E-state index contributed by atoms with van der Waals surface area (Å²) in [5.41, 5.74) is -0.393. The molecule has 10 nitrogen and oxygen atoms in total. The van der Waals surface area contributed by atoms with Gasteiger partial charge < -0.3 is 14.4 Å². The van der Waals surface area contributed by atoms with Crippen molar-refractivity contribution in [2.24, 2.45) is 5.84 Å². The van der Waals surface area contributed by atoms with Gasteiger partial charge in [-0.05, 0) is 37.1 Å². The number of carbonyl (C=O) groups is 2. The van der Waals surface area contributed by atoms with Gasteiger partial charge in [0.25, 0.3) is 0 Å². The number of hydrogen-bond acceptors (Lipinski definition) is 7. The van der Waals surface area contributed by atoms with Crippen LogP contribution in [0.25, 0.3) is 0 Å². The molecule has 1 amide bonds. The van der Waals surface area contributed by atoms with Gasteiger partial charge in [-0.25, -0.2) is 20.2 Å². The Morgan fingerprint density at radius 3 is 2.30 bits per heavy atom. The fraction of sp³-hybridized carbons (Fsp3) is 0.263. The highest BCUT2D eigenvalue weighted by Gasteiger charge is 2.39. The lowest BCUT2D eigenvalue weighted by Crippen LogP contribution is -2.59. The van der Waals surface area contributed by atoms with Gasteiger partial charge in [0.2, 0.25) is 0 Å². The Kier molecular flexibility index (Phi) is 7.22. The summed E-state index contributed by atoms with van der Waals surface area (Å²) in [5, 5.41) is 10.6. The first-order chi connectivity index (χ1) is 13.9. The van der Waals surface area contributed by atoms with Gasteiger partial charge in [-0.15, -0.1) is 0 Å². The third-order valence-electron chi connectivity index (χ3n) is 4.48. The van der Waals surface area contributed by atoms with Crippen LogP contribution >= 0.6 is 7.82 Å². The van der Waals surface area contributed by atoms with Crippen LogP contribution in [0, 0.1) is 0 Å². The Labute approximate surface area is 173 Å². The van der Waals surface area contributed by atoms with Gasteiger partial charge in [0.05, 0.1) is 0 Å². The molecular formula is C19H23N2O8P. The minimum absolute atomic E-state index is 0.0312. The van der Waals surface area contributed by atoms with Gasteiger partial charge in [0.15, 0.2) is 17.3 Å². The summed E-state index contributed by atoms with van der Waals surface area (Å²) in [6.07, 6.45) is -1.01. The van der Waals surface area contributed by atoms with Crippen LogP contribution in [-0.4, -0.2) is 37.3 Å². The van der Waals surface area contributed by atoms with E-state index in [0.29, 0.717) is 10.6 Å². The van der Waals surface area contributed by atoms with Crippen LogP contribution in [0.4, 0.5) is 4.79 Å². The first kappa shape index (κ1) is 23.4. The van der Waals surface area contributed by atoms with Crippen LogP contribution in [0.15, 0.2) is 48.5 Å².